The Morgan fingerprint density at radius 3 is 1.47 bits per heavy atom. The van der Waals surface area contributed by atoms with Crippen molar-refractivity contribution in [3.8, 4) is 0 Å². The van der Waals surface area contributed by atoms with Gasteiger partial charge in [0.15, 0.2) is 0 Å². The topological polar surface area (TPSA) is 0 Å². The Kier molecular flexibility index (Phi) is 12.1. The molecule has 1 saturated carbocycles. The summed E-state index contributed by atoms with van der Waals surface area (Å²) in [5.74, 6) is 1.04. The van der Waals surface area contributed by atoms with Gasteiger partial charge in [0.25, 0.3) is 0 Å². The molecule has 0 aliphatic heterocycles. The Balaban J connectivity index is 0.000000262. The number of hydrogen-bond acceptors (Lipinski definition) is 0. The quantitative estimate of drug-likeness (QED) is 0.494. The van der Waals surface area contributed by atoms with E-state index in [0.29, 0.717) is 0 Å². The van der Waals surface area contributed by atoms with E-state index in [0.717, 1.165) is 5.92 Å². The molecule has 15 heavy (non-hydrogen) atoms. The molecule has 92 valence electrons. The first-order valence-corrected chi connectivity index (χ1v) is 7.31. The Morgan fingerprint density at radius 1 is 0.733 bits per heavy atom. The zero-order chi connectivity index (χ0) is 11.4. The minimum atomic E-state index is 1.04. The minimum absolute atomic E-state index is 1.04. The highest BCUT2D eigenvalue weighted by molar-refractivity contribution is 4.59. The number of unbranched alkanes of at least 4 members (excludes halogenated alkanes) is 5. The molecule has 0 bridgehead atoms. The Labute approximate surface area is 97.8 Å². The van der Waals surface area contributed by atoms with Gasteiger partial charge in [-0.25, -0.2) is 0 Å². The Hall–Kier alpha value is 0. The fourth-order valence-corrected chi connectivity index (χ4v) is 2.16. The molecule has 0 amide bonds. The summed E-state index contributed by atoms with van der Waals surface area (Å²) in [6.07, 6.45) is 15.9. The first-order chi connectivity index (χ1) is 7.31. The fraction of sp³-hybridized carbons (Fsp3) is 1.00. The van der Waals surface area contributed by atoms with Crippen molar-refractivity contribution in [2.24, 2.45) is 5.92 Å². The van der Waals surface area contributed by atoms with Gasteiger partial charge >= 0.3 is 0 Å². The molecule has 0 heterocycles. The van der Waals surface area contributed by atoms with Crippen molar-refractivity contribution < 1.29 is 0 Å². The van der Waals surface area contributed by atoms with Crippen molar-refractivity contribution in [3.05, 3.63) is 0 Å². The highest BCUT2D eigenvalue weighted by Gasteiger charge is 2.05. The van der Waals surface area contributed by atoms with Crippen LogP contribution in [0.1, 0.15) is 91.4 Å². The van der Waals surface area contributed by atoms with Gasteiger partial charge in [-0.2, -0.15) is 0 Å². The fourth-order valence-electron chi connectivity index (χ4n) is 2.16. The first kappa shape index (κ1) is 15.0. The van der Waals surface area contributed by atoms with Gasteiger partial charge in [0.1, 0.15) is 0 Å². The molecule has 0 aromatic rings. The van der Waals surface area contributed by atoms with Crippen LogP contribution in [0.5, 0.6) is 0 Å². The maximum absolute atomic E-state index is 2.36. The van der Waals surface area contributed by atoms with Gasteiger partial charge in [-0.3, -0.25) is 0 Å². The summed E-state index contributed by atoms with van der Waals surface area (Å²) in [6.45, 7) is 6.87. The first-order valence-electron chi connectivity index (χ1n) is 7.31. The lowest BCUT2D eigenvalue weighted by atomic mass is 9.91. The summed E-state index contributed by atoms with van der Waals surface area (Å²) in [7, 11) is 0. The van der Waals surface area contributed by atoms with E-state index >= 15 is 0 Å². The maximum Gasteiger partial charge on any atom is -0.0443 e. The molecule has 0 spiro atoms. The second kappa shape index (κ2) is 12.1. The molecule has 0 unspecified atom stereocenters. The molecule has 0 saturated heterocycles. The van der Waals surface area contributed by atoms with Crippen LogP contribution in [-0.4, -0.2) is 0 Å². The van der Waals surface area contributed by atoms with Crippen LogP contribution in [0.15, 0.2) is 0 Å². The maximum atomic E-state index is 2.36. The molecular formula is C15H32. The monoisotopic (exact) mass is 212 g/mol. The predicted molar refractivity (Wildman–Crippen MR) is 71.3 cm³/mol. The molecule has 0 aromatic heterocycles. The number of hydrogen-bond donors (Lipinski definition) is 0. The van der Waals surface area contributed by atoms with E-state index in [1.54, 1.807) is 0 Å². The Morgan fingerprint density at radius 2 is 1.20 bits per heavy atom. The van der Waals surface area contributed by atoms with Crippen LogP contribution in [0, 0.1) is 5.92 Å². The number of rotatable bonds is 5. The predicted octanol–water partition coefficient (Wildman–Crippen LogP) is 5.95. The van der Waals surface area contributed by atoms with E-state index in [2.05, 4.69) is 20.8 Å². The van der Waals surface area contributed by atoms with Gasteiger partial charge < -0.3 is 0 Å². The summed E-state index contributed by atoms with van der Waals surface area (Å²) in [4.78, 5) is 0. The Bertz CT molecular complexity index is 94.6. The molecule has 0 atom stereocenters. The van der Waals surface area contributed by atoms with Crippen LogP contribution < -0.4 is 0 Å². The van der Waals surface area contributed by atoms with E-state index in [1.807, 2.05) is 0 Å². The van der Waals surface area contributed by atoms with Crippen LogP contribution in [-0.2, 0) is 0 Å². The highest BCUT2D eigenvalue weighted by atomic mass is 14.1. The molecular weight excluding hydrogens is 180 g/mol. The van der Waals surface area contributed by atoms with Crippen LogP contribution in [0.3, 0.4) is 0 Å². The van der Waals surface area contributed by atoms with E-state index in [4.69, 9.17) is 0 Å². The van der Waals surface area contributed by atoms with Crippen LogP contribution in [0.2, 0.25) is 0 Å². The molecule has 0 nitrogen and oxygen atoms in total. The van der Waals surface area contributed by atoms with Gasteiger partial charge in [0.05, 0.1) is 0 Å². The largest absolute Gasteiger partial charge is 0.0654 e. The molecule has 0 N–H and O–H groups in total. The molecule has 1 aliphatic carbocycles. The van der Waals surface area contributed by atoms with Crippen molar-refractivity contribution in [2.75, 3.05) is 0 Å². The van der Waals surface area contributed by atoms with Gasteiger partial charge in [0, 0.05) is 0 Å². The summed E-state index contributed by atoms with van der Waals surface area (Å²) < 4.78 is 0. The minimum Gasteiger partial charge on any atom is -0.0654 e. The third-order valence-electron chi connectivity index (χ3n) is 3.35. The summed E-state index contributed by atoms with van der Waals surface area (Å²) in [5, 5.41) is 0. The van der Waals surface area contributed by atoms with E-state index in [-0.39, 0.29) is 0 Å². The van der Waals surface area contributed by atoms with Gasteiger partial charge in [-0.05, 0) is 5.92 Å². The molecule has 0 heteroatoms. The second-order valence-electron chi connectivity index (χ2n) is 5.16. The van der Waals surface area contributed by atoms with E-state index < -0.39 is 0 Å². The molecule has 1 aliphatic rings. The average molecular weight is 212 g/mol. The molecule has 1 rings (SSSR count). The highest BCUT2D eigenvalue weighted by Crippen LogP contribution is 2.22. The van der Waals surface area contributed by atoms with E-state index in [9.17, 15) is 0 Å². The average Bonchev–Trinajstić information content (AvgIpc) is 2.27. The summed E-state index contributed by atoms with van der Waals surface area (Å²) in [6, 6.07) is 0. The van der Waals surface area contributed by atoms with Crippen LogP contribution >= 0.6 is 0 Å². The van der Waals surface area contributed by atoms with Crippen molar-refractivity contribution in [2.45, 2.75) is 91.4 Å². The van der Waals surface area contributed by atoms with Gasteiger partial charge in [-0.15, -0.1) is 0 Å². The van der Waals surface area contributed by atoms with Crippen LogP contribution in [0.4, 0.5) is 0 Å². The SMILES string of the molecule is CC1CCCCC1.CCCCCCCC. The lowest BCUT2D eigenvalue weighted by molar-refractivity contribution is 0.385. The van der Waals surface area contributed by atoms with Gasteiger partial charge in [-0.1, -0.05) is 91.4 Å². The molecule has 0 aromatic carbocycles. The zero-order valence-electron chi connectivity index (χ0n) is 11.4. The van der Waals surface area contributed by atoms with E-state index in [1.165, 1.54) is 70.6 Å². The van der Waals surface area contributed by atoms with Crippen molar-refractivity contribution in [1.82, 2.24) is 0 Å². The lowest BCUT2D eigenvalue weighted by Gasteiger charge is -2.15. The van der Waals surface area contributed by atoms with Gasteiger partial charge in [0.2, 0.25) is 0 Å². The third kappa shape index (κ3) is 11.9. The zero-order valence-corrected chi connectivity index (χ0v) is 11.4. The molecule has 0 radical (unpaired) electrons. The van der Waals surface area contributed by atoms with Crippen LogP contribution in [0.25, 0.3) is 0 Å². The lowest BCUT2D eigenvalue weighted by Crippen LogP contribution is -1.99. The third-order valence-corrected chi connectivity index (χ3v) is 3.35. The van der Waals surface area contributed by atoms with Crippen molar-refractivity contribution in [1.29, 1.82) is 0 Å². The van der Waals surface area contributed by atoms with Crippen molar-refractivity contribution >= 4 is 0 Å². The summed E-state index contributed by atoms with van der Waals surface area (Å²) in [5.41, 5.74) is 0. The standard InChI is InChI=1S/C8H18.C7H14/c1-3-5-7-8-6-4-2;1-7-5-3-2-4-6-7/h3-8H2,1-2H3;7H,2-6H2,1H3. The molecule has 1 fully saturated rings. The smallest absolute Gasteiger partial charge is 0.0443 e. The normalized spacial score (nSPS) is 17.0. The van der Waals surface area contributed by atoms with Crippen molar-refractivity contribution in [3.63, 3.8) is 0 Å². The summed E-state index contributed by atoms with van der Waals surface area (Å²) >= 11 is 0. The second-order valence-corrected chi connectivity index (χ2v) is 5.16.